The van der Waals surface area contributed by atoms with Gasteiger partial charge < -0.3 is 15.6 Å². The molecule has 0 spiro atoms. The van der Waals surface area contributed by atoms with Crippen molar-refractivity contribution in [1.82, 2.24) is 10.5 Å². The first-order valence-corrected chi connectivity index (χ1v) is 4.86. The second-order valence-electron chi connectivity index (χ2n) is 3.60. The summed E-state index contributed by atoms with van der Waals surface area (Å²) in [6, 6.07) is 1.73. The van der Waals surface area contributed by atoms with Crippen LogP contribution in [0, 0.1) is 5.92 Å². The van der Waals surface area contributed by atoms with E-state index in [2.05, 4.69) is 15.0 Å². The zero-order valence-electron chi connectivity index (χ0n) is 8.22. The third-order valence-corrected chi connectivity index (χ3v) is 2.39. The highest BCUT2D eigenvalue weighted by Crippen LogP contribution is 2.16. The number of hydrogen-bond donors (Lipinski definition) is 2. The van der Waals surface area contributed by atoms with E-state index in [9.17, 15) is 4.79 Å². The van der Waals surface area contributed by atoms with Gasteiger partial charge in [0.25, 0.3) is 0 Å². The maximum atomic E-state index is 11.6. The van der Waals surface area contributed by atoms with E-state index in [1.807, 2.05) is 12.2 Å². The summed E-state index contributed by atoms with van der Waals surface area (Å²) in [5.74, 6) is -0.117. The molecule has 5 heteroatoms. The van der Waals surface area contributed by atoms with Crippen molar-refractivity contribution in [3.63, 3.8) is 0 Å². The molecule has 1 aromatic rings. The van der Waals surface area contributed by atoms with Gasteiger partial charge in [0, 0.05) is 12.1 Å². The lowest BCUT2D eigenvalue weighted by atomic mass is 10.1. The maximum Gasteiger partial charge on any atom is 0.227 e. The molecule has 1 aliphatic carbocycles. The number of nitrogens with one attached hydrogen (secondary N) is 1. The molecule has 1 aromatic heterocycles. The number of amides is 1. The number of rotatable bonds is 3. The average Bonchev–Trinajstić information content (AvgIpc) is 2.84. The number of hydrogen-bond acceptors (Lipinski definition) is 4. The average molecular weight is 207 g/mol. The van der Waals surface area contributed by atoms with Crippen LogP contribution in [-0.2, 0) is 11.3 Å². The molecule has 1 aliphatic rings. The van der Waals surface area contributed by atoms with Crippen LogP contribution in [0.3, 0.4) is 0 Å². The predicted octanol–water partition coefficient (Wildman–Crippen LogP) is 0.194. The van der Waals surface area contributed by atoms with Gasteiger partial charge >= 0.3 is 0 Å². The molecule has 2 atom stereocenters. The normalized spacial score (nSPS) is 24.3. The molecule has 0 aliphatic heterocycles. The Morgan fingerprint density at radius 2 is 2.53 bits per heavy atom. The molecule has 0 bridgehead atoms. The summed E-state index contributed by atoms with van der Waals surface area (Å²) in [4.78, 5) is 11.6. The first-order valence-electron chi connectivity index (χ1n) is 4.86. The summed E-state index contributed by atoms with van der Waals surface area (Å²) >= 11 is 0. The van der Waals surface area contributed by atoms with Gasteiger partial charge in [-0.3, -0.25) is 4.79 Å². The molecule has 1 amide bonds. The Balaban J connectivity index is 1.81. The minimum Gasteiger partial charge on any atom is -0.364 e. The van der Waals surface area contributed by atoms with Gasteiger partial charge in [-0.1, -0.05) is 17.3 Å². The third kappa shape index (κ3) is 2.44. The lowest BCUT2D eigenvalue weighted by Gasteiger charge is -2.08. The Morgan fingerprint density at radius 3 is 3.13 bits per heavy atom. The SMILES string of the molecule is NC1C=CC(C(=O)NCc2ccon2)C1. The Bertz CT molecular complexity index is 359. The first-order chi connectivity index (χ1) is 7.25. The van der Waals surface area contributed by atoms with Crippen molar-refractivity contribution < 1.29 is 9.32 Å². The van der Waals surface area contributed by atoms with Gasteiger partial charge in [0.05, 0.1) is 12.5 Å². The van der Waals surface area contributed by atoms with E-state index in [1.54, 1.807) is 6.07 Å². The van der Waals surface area contributed by atoms with Gasteiger partial charge in [-0.25, -0.2) is 0 Å². The molecule has 15 heavy (non-hydrogen) atoms. The molecular weight excluding hydrogens is 194 g/mol. The summed E-state index contributed by atoms with van der Waals surface area (Å²) in [5, 5.41) is 6.48. The van der Waals surface area contributed by atoms with Crippen LogP contribution < -0.4 is 11.1 Å². The molecule has 2 unspecified atom stereocenters. The minimum absolute atomic E-state index is 0.00722. The lowest BCUT2D eigenvalue weighted by Crippen LogP contribution is -2.30. The quantitative estimate of drug-likeness (QED) is 0.693. The van der Waals surface area contributed by atoms with Crippen LogP contribution in [0.2, 0.25) is 0 Å². The van der Waals surface area contributed by atoms with Crippen molar-refractivity contribution in [2.75, 3.05) is 0 Å². The monoisotopic (exact) mass is 207 g/mol. The van der Waals surface area contributed by atoms with E-state index in [0.717, 1.165) is 5.69 Å². The van der Waals surface area contributed by atoms with Crippen molar-refractivity contribution in [1.29, 1.82) is 0 Å². The largest absolute Gasteiger partial charge is 0.364 e. The standard InChI is InChI=1S/C10H13N3O2/c11-8-2-1-7(5-8)10(14)12-6-9-3-4-15-13-9/h1-4,7-8H,5-6,11H2,(H,12,14). The van der Waals surface area contributed by atoms with Gasteiger partial charge in [0.15, 0.2) is 0 Å². The van der Waals surface area contributed by atoms with Gasteiger partial charge in [-0.05, 0) is 6.42 Å². The summed E-state index contributed by atoms with van der Waals surface area (Å²) in [6.07, 6.45) is 5.88. The molecule has 0 aromatic carbocycles. The van der Waals surface area contributed by atoms with Crippen LogP contribution in [0.1, 0.15) is 12.1 Å². The van der Waals surface area contributed by atoms with E-state index in [-0.39, 0.29) is 17.9 Å². The Morgan fingerprint density at radius 1 is 1.67 bits per heavy atom. The topological polar surface area (TPSA) is 81.2 Å². The molecule has 5 nitrogen and oxygen atoms in total. The molecule has 2 rings (SSSR count). The van der Waals surface area contributed by atoms with E-state index >= 15 is 0 Å². The zero-order valence-corrected chi connectivity index (χ0v) is 8.22. The highest BCUT2D eigenvalue weighted by molar-refractivity contribution is 5.80. The zero-order chi connectivity index (χ0) is 10.7. The molecule has 0 saturated carbocycles. The molecule has 3 N–H and O–H groups in total. The fourth-order valence-electron chi connectivity index (χ4n) is 1.56. The van der Waals surface area contributed by atoms with Crippen molar-refractivity contribution >= 4 is 5.91 Å². The van der Waals surface area contributed by atoms with E-state index in [4.69, 9.17) is 5.73 Å². The van der Waals surface area contributed by atoms with Crippen LogP contribution in [0.4, 0.5) is 0 Å². The third-order valence-electron chi connectivity index (χ3n) is 2.39. The van der Waals surface area contributed by atoms with Crippen molar-refractivity contribution in [2.45, 2.75) is 19.0 Å². The van der Waals surface area contributed by atoms with Gasteiger partial charge in [-0.15, -0.1) is 0 Å². The van der Waals surface area contributed by atoms with Crippen LogP contribution in [-0.4, -0.2) is 17.1 Å². The summed E-state index contributed by atoms with van der Waals surface area (Å²) < 4.78 is 4.65. The summed E-state index contributed by atoms with van der Waals surface area (Å²) in [7, 11) is 0. The molecule has 1 heterocycles. The van der Waals surface area contributed by atoms with Crippen LogP contribution in [0.15, 0.2) is 29.0 Å². The van der Waals surface area contributed by atoms with Crippen molar-refractivity contribution in [3.05, 3.63) is 30.2 Å². The summed E-state index contributed by atoms with van der Waals surface area (Å²) in [5.41, 5.74) is 6.38. The van der Waals surface area contributed by atoms with Crippen molar-refractivity contribution in [3.8, 4) is 0 Å². The highest BCUT2D eigenvalue weighted by Gasteiger charge is 2.22. The fraction of sp³-hybridized carbons (Fsp3) is 0.400. The van der Waals surface area contributed by atoms with Crippen LogP contribution in [0.25, 0.3) is 0 Å². The van der Waals surface area contributed by atoms with E-state index in [1.165, 1.54) is 6.26 Å². The Labute approximate surface area is 87.3 Å². The molecular formula is C10H13N3O2. The predicted molar refractivity (Wildman–Crippen MR) is 53.6 cm³/mol. The molecule has 0 fully saturated rings. The maximum absolute atomic E-state index is 11.6. The van der Waals surface area contributed by atoms with E-state index in [0.29, 0.717) is 13.0 Å². The van der Waals surface area contributed by atoms with Gasteiger partial charge in [0.1, 0.15) is 12.0 Å². The second kappa shape index (κ2) is 4.27. The Kier molecular flexibility index (Phi) is 2.82. The number of aromatic nitrogens is 1. The second-order valence-corrected chi connectivity index (χ2v) is 3.60. The highest BCUT2D eigenvalue weighted by atomic mass is 16.5. The summed E-state index contributed by atoms with van der Waals surface area (Å²) in [6.45, 7) is 0.398. The smallest absolute Gasteiger partial charge is 0.227 e. The first kappa shape index (κ1) is 9.92. The lowest BCUT2D eigenvalue weighted by molar-refractivity contribution is -0.123. The molecule has 0 radical (unpaired) electrons. The van der Waals surface area contributed by atoms with Gasteiger partial charge in [-0.2, -0.15) is 0 Å². The molecule has 80 valence electrons. The number of carbonyl (C=O) groups excluding carboxylic acids is 1. The van der Waals surface area contributed by atoms with Crippen LogP contribution in [0.5, 0.6) is 0 Å². The molecule has 0 saturated heterocycles. The van der Waals surface area contributed by atoms with Crippen LogP contribution >= 0.6 is 0 Å². The van der Waals surface area contributed by atoms with Gasteiger partial charge in [0.2, 0.25) is 5.91 Å². The van der Waals surface area contributed by atoms with Crippen molar-refractivity contribution in [2.24, 2.45) is 11.7 Å². The van der Waals surface area contributed by atoms with E-state index < -0.39 is 0 Å². The number of carbonyl (C=O) groups is 1. The minimum atomic E-state index is -0.105. The Hall–Kier alpha value is -1.62. The number of nitrogens with zero attached hydrogens (tertiary/aromatic N) is 1. The fourth-order valence-corrected chi connectivity index (χ4v) is 1.56. The number of nitrogens with two attached hydrogens (primary N) is 1.